The lowest BCUT2D eigenvalue weighted by atomic mass is 9.96. The number of anilines is 1. The minimum atomic E-state index is -0.939. The lowest BCUT2D eigenvalue weighted by molar-refractivity contribution is -0.125. The summed E-state index contributed by atoms with van der Waals surface area (Å²) in [6, 6.07) is 5.50. The van der Waals surface area contributed by atoms with Crippen LogP contribution in [0, 0.1) is 20.8 Å². The van der Waals surface area contributed by atoms with Crippen LogP contribution in [-0.2, 0) is 20.7 Å². The van der Waals surface area contributed by atoms with Crippen molar-refractivity contribution in [2.75, 3.05) is 11.9 Å². The Kier molecular flexibility index (Phi) is 5.32. The van der Waals surface area contributed by atoms with Crippen LogP contribution in [0.5, 0.6) is 0 Å². The summed E-state index contributed by atoms with van der Waals surface area (Å²) < 4.78 is 10.4. The van der Waals surface area contributed by atoms with Gasteiger partial charge in [-0.25, -0.2) is 9.59 Å². The summed E-state index contributed by atoms with van der Waals surface area (Å²) >= 11 is 1.30. The van der Waals surface area contributed by atoms with E-state index in [1.807, 2.05) is 32.9 Å². The van der Waals surface area contributed by atoms with Crippen LogP contribution in [-0.4, -0.2) is 30.6 Å². The summed E-state index contributed by atoms with van der Waals surface area (Å²) in [4.78, 5) is 38.1. The second kappa shape index (κ2) is 7.52. The van der Waals surface area contributed by atoms with E-state index in [2.05, 4.69) is 5.32 Å². The summed E-state index contributed by atoms with van der Waals surface area (Å²) in [6.45, 7) is 7.55. The number of nitrogens with one attached hydrogen (secondary N) is 1. The number of cyclic esters (lactones) is 1. The highest BCUT2D eigenvalue weighted by molar-refractivity contribution is 7.16. The van der Waals surface area contributed by atoms with E-state index in [1.54, 1.807) is 13.0 Å². The third kappa shape index (κ3) is 3.73. The predicted molar refractivity (Wildman–Crippen MR) is 102 cm³/mol. The van der Waals surface area contributed by atoms with E-state index < -0.39 is 23.9 Å². The molecule has 0 fully saturated rings. The van der Waals surface area contributed by atoms with Crippen molar-refractivity contribution < 1.29 is 23.9 Å². The summed E-state index contributed by atoms with van der Waals surface area (Å²) in [5.41, 5.74) is 3.36. The number of rotatable bonds is 4. The molecule has 1 atom stereocenters. The molecule has 3 rings (SSSR count). The Morgan fingerprint density at radius 2 is 2.04 bits per heavy atom. The van der Waals surface area contributed by atoms with Crippen LogP contribution in [0.15, 0.2) is 18.2 Å². The molecular formula is C20H21NO5S. The molecule has 1 aliphatic rings. The molecule has 0 saturated heterocycles. The molecule has 1 amide bonds. The summed E-state index contributed by atoms with van der Waals surface area (Å²) in [7, 11) is 0. The van der Waals surface area contributed by atoms with Crippen molar-refractivity contribution in [2.45, 2.75) is 40.2 Å². The van der Waals surface area contributed by atoms with Gasteiger partial charge in [0.25, 0.3) is 5.91 Å². The first-order valence-electron chi connectivity index (χ1n) is 8.70. The molecule has 7 heteroatoms. The van der Waals surface area contributed by atoms with E-state index in [-0.39, 0.29) is 6.61 Å². The van der Waals surface area contributed by atoms with Crippen LogP contribution in [0.1, 0.15) is 49.2 Å². The van der Waals surface area contributed by atoms with Crippen LogP contribution in [0.3, 0.4) is 0 Å². The molecule has 142 valence electrons. The Bertz CT molecular complexity index is 931. The average molecular weight is 387 g/mol. The van der Waals surface area contributed by atoms with Crippen molar-refractivity contribution in [3.05, 3.63) is 50.9 Å². The Hall–Kier alpha value is -2.67. The fraction of sp³-hybridized carbons (Fsp3) is 0.350. The number of aryl methyl sites for hydroxylation is 2. The fourth-order valence-electron chi connectivity index (χ4n) is 3.00. The standard InChI is InChI=1S/C20H21NO5S/c1-5-25-20(24)16-11(3)12(4)27-18(16)21-17(22)15-9-13-7-6-10(2)8-14(13)19(23)26-15/h6-8,15H,5,9H2,1-4H3,(H,21,22). The van der Waals surface area contributed by atoms with E-state index in [0.717, 1.165) is 21.6 Å². The molecule has 1 aromatic heterocycles. The highest BCUT2D eigenvalue weighted by Crippen LogP contribution is 2.33. The number of esters is 2. The number of benzene rings is 1. The average Bonchev–Trinajstić information content (AvgIpc) is 2.89. The van der Waals surface area contributed by atoms with Gasteiger partial charge in [0.1, 0.15) is 5.00 Å². The fourth-order valence-corrected chi connectivity index (χ4v) is 4.05. The zero-order chi connectivity index (χ0) is 19.7. The molecule has 0 saturated carbocycles. The second-order valence-electron chi connectivity index (χ2n) is 6.46. The Morgan fingerprint density at radius 1 is 1.30 bits per heavy atom. The van der Waals surface area contributed by atoms with E-state index >= 15 is 0 Å². The van der Waals surface area contributed by atoms with Crippen molar-refractivity contribution >= 4 is 34.2 Å². The molecule has 1 aliphatic heterocycles. The van der Waals surface area contributed by atoms with Gasteiger partial charge in [0.15, 0.2) is 6.10 Å². The van der Waals surface area contributed by atoms with Crippen molar-refractivity contribution in [1.29, 1.82) is 0 Å². The maximum absolute atomic E-state index is 12.7. The predicted octanol–water partition coefficient (Wildman–Crippen LogP) is 3.57. The van der Waals surface area contributed by atoms with Crippen molar-refractivity contribution in [1.82, 2.24) is 0 Å². The molecule has 1 unspecified atom stereocenters. The lowest BCUT2D eigenvalue weighted by Gasteiger charge is -2.24. The van der Waals surface area contributed by atoms with Gasteiger partial charge < -0.3 is 14.8 Å². The van der Waals surface area contributed by atoms with Crippen LogP contribution in [0.2, 0.25) is 0 Å². The maximum Gasteiger partial charge on any atom is 0.341 e. The highest BCUT2D eigenvalue weighted by Gasteiger charge is 2.32. The molecule has 0 aliphatic carbocycles. The van der Waals surface area contributed by atoms with Crippen LogP contribution in [0.4, 0.5) is 5.00 Å². The van der Waals surface area contributed by atoms with Gasteiger partial charge in [0, 0.05) is 11.3 Å². The number of hydrogen-bond donors (Lipinski definition) is 1. The van der Waals surface area contributed by atoms with Gasteiger partial charge in [0.05, 0.1) is 17.7 Å². The monoisotopic (exact) mass is 387 g/mol. The van der Waals surface area contributed by atoms with E-state index in [4.69, 9.17) is 9.47 Å². The molecule has 2 aromatic rings. The summed E-state index contributed by atoms with van der Waals surface area (Å²) in [5.74, 6) is -1.44. The molecule has 0 radical (unpaired) electrons. The molecule has 0 spiro atoms. The van der Waals surface area contributed by atoms with Crippen molar-refractivity contribution in [3.8, 4) is 0 Å². The van der Waals surface area contributed by atoms with E-state index in [1.165, 1.54) is 11.3 Å². The van der Waals surface area contributed by atoms with Gasteiger partial charge in [0.2, 0.25) is 0 Å². The largest absolute Gasteiger partial charge is 0.462 e. The molecule has 6 nitrogen and oxygen atoms in total. The van der Waals surface area contributed by atoms with Gasteiger partial charge >= 0.3 is 11.9 Å². The number of carbonyl (C=O) groups is 3. The van der Waals surface area contributed by atoms with Crippen LogP contribution in [0.25, 0.3) is 0 Å². The van der Waals surface area contributed by atoms with Gasteiger partial charge in [-0.05, 0) is 44.9 Å². The topological polar surface area (TPSA) is 81.7 Å². The zero-order valence-electron chi connectivity index (χ0n) is 15.7. The van der Waals surface area contributed by atoms with E-state index in [9.17, 15) is 14.4 Å². The normalized spacial score (nSPS) is 15.7. The minimum Gasteiger partial charge on any atom is -0.462 e. The molecule has 2 heterocycles. The molecule has 27 heavy (non-hydrogen) atoms. The van der Waals surface area contributed by atoms with Gasteiger partial charge in [-0.1, -0.05) is 17.7 Å². The number of hydrogen-bond acceptors (Lipinski definition) is 6. The molecular weight excluding hydrogens is 366 g/mol. The van der Waals surface area contributed by atoms with Crippen molar-refractivity contribution in [3.63, 3.8) is 0 Å². The molecule has 1 aromatic carbocycles. The van der Waals surface area contributed by atoms with Gasteiger partial charge in [-0.3, -0.25) is 4.79 Å². The number of ether oxygens (including phenoxy) is 2. The van der Waals surface area contributed by atoms with Crippen molar-refractivity contribution in [2.24, 2.45) is 0 Å². The molecule has 1 N–H and O–H groups in total. The number of carbonyl (C=O) groups excluding carboxylic acids is 3. The SMILES string of the molecule is CCOC(=O)c1c(NC(=O)C2Cc3ccc(C)cc3C(=O)O2)sc(C)c1C. The minimum absolute atomic E-state index is 0.247. The lowest BCUT2D eigenvalue weighted by Crippen LogP contribution is -2.38. The van der Waals surface area contributed by atoms with Gasteiger partial charge in [-0.15, -0.1) is 11.3 Å². The second-order valence-corrected chi connectivity index (χ2v) is 7.68. The number of amides is 1. The van der Waals surface area contributed by atoms with Crippen LogP contribution < -0.4 is 5.32 Å². The smallest absolute Gasteiger partial charge is 0.341 e. The van der Waals surface area contributed by atoms with E-state index in [0.29, 0.717) is 22.5 Å². The van der Waals surface area contributed by atoms with Crippen LogP contribution >= 0.6 is 11.3 Å². The quantitative estimate of drug-likeness (QED) is 0.811. The zero-order valence-corrected chi connectivity index (χ0v) is 16.5. The maximum atomic E-state index is 12.7. The first-order valence-corrected chi connectivity index (χ1v) is 9.52. The Balaban J connectivity index is 1.83. The third-order valence-corrected chi connectivity index (χ3v) is 5.66. The molecule has 0 bridgehead atoms. The Labute approximate surface area is 161 Å². The highest BCUT2D eigenvalue weighted by atomic mass is 32.1. The first-order chi connectivity index (χ1) is 12.8. The Morgan fingerprint density at radius 3 is 2.74 bits per heavy atom. The van der Waals surface area contributed by atoms with Gasteiger partial charge in [-0.2, -0.15) is 0 Å². The number of thiophene rings is 1. The number of fused-ring (bicyclic) bond motifs is 1. The summed E-state index contributed by atoms with van der Waals surface area (Å²) in [5, 5.41) is 3.16. The third-order valence-electron chi connectivity index (χ3n) is 4.53. The summed E-state index contributed by atoms with van der Waals surface area (Å²) in [6.07, 6.45) is -0.642. The first kappa shape index (κ1) is 19.1.